The molecule has 0 saturated heterocycles. The van der Waals surface area contributed by atoms with Gasteiger partial charge >= 0.3 is 0 Å². The van der Waals surface area contributed by atoms with Gasteiger partial charge in [-0.05, 0) is 13.0 Å². The fourth-order valence-corrected chi connectivity index (χ4v) is 2.43. The lowest BCUT2D eigenvalue weighted by molar-refractivity contribution is 0.340. The summed E-state index contributed by atoms with van der Waals surface area (Å²) in [7, 11) is 0. The Hall–Kier alpha value is -2.17. The van der Waals surface area contributed by atoms with E-state index in [1.807, 2.05) is 37.5 Å². The van der Waals surface area contributed by atoms with Crippen molar-refractivity contribution in [3.63, 3.8) is 0 Å². The summed E-state index contributed by atoms with van der Waals surface area (Å²) in [6, 6.07) is 5.89. The molecule has 0 amide bonds. The first-order valence-electron chi connectivity index (χ1n) is 6.54. The largest absolute Gasteiger partial charge is 0.494 e. The quantitative estimate of drug-likeness (QED) is 0.854. The molecule has 0 unspecified atom stereocenters. The van der Waals surface area contributed by atoms with Crippen LogP contribution in [-0.4, -0.2) is 22.7 Å². The van der Waals surface area contributed by atoms with Crippen LogP contribution in [0.2, 0.25) is 0 Å². The van der Waals surface area contributed by atoms with E-state index in [0.717, 1.165) is 42.6 Å². The zero-order chi connectivity index (χ0) is 13.2. The summed E-state index contributed by atoms with van der Waals surface area (Å²) in [5.41, 5.74) is 7.77. The normalized spacial score (nSPS) is 14.3. The number of rotatable bonds is 3. The van der Waals surface area contributed by atoms with Crippen LogP contribution in [0.4, 0.5) is 11.4 Å². The molecule has 1 aromatic heterocycles. The lowest BCUT2D eigenvalue weighted by Gasteiger charge is -2.30. The molecule has 100 valence electrons. The molecule has 2 N–H and O–H groups in total. The van der Waals surface area contributed by atoms with Crippen molar-refractivity contribution < 1.29 is 4.74 Å². The van der Waals surface area contributed by atoms with Crippen molar-refractivity contribution in [1.82, 2.24) is 9.55 Å². The molecule has 0 aliphatic carbocycles. The van der Waals surface area contributed by atoms with Crippen molar-refractivity contribution >= 4 is 11.4 Å². The number of ether oxygens (including phenoxy) is 1. The van der Waals surface area contributed by atoms with Gasteiger partial charge in [0.25, 0.3) is 0 Å². The van der Waals surface area contributed by atoms with E-state index >= 15 is 0 Å². The topological polar surface area (TPSA) is 56.3 Å². The van der Waals surface area contributed by atoms with Crippen LogP contribution in [0.1, 0.15) is 12.7 Å². The molecular weight excluding hydrogens is 240 g/mol. The average Bonchev–Trinajstić information content (AvgIpc) is 2.85. The molecule has 1 aromatic carbocycles. The fourth-order valence-electron chi connectivity index (χ4n) is 2.43. The van der Waals surface area contributed by atoms with Gasteiger partial charge in [-0.15, -0.1) is 0 Å². The fraction of sp³-hybridized carbons (Fsp3) is 0.357. The van der Waals surface area contributed by atoms with Crippen molar-refractivity contribution in [2.75, 3.05) is 23.8 Å². The predicted octanol–water partition coefficient (Wildman–Crippen LogP) is 1.88. The minimum absolute atomic E-state index is 0.646. The highest BCUT2D eigenvalue weighted by Crippen LogP contribution is 2.28. The number of anilines is 2. The van der Waals surface area contributed by atoms with Gasteiger partial charge in [0.2, 0.25) is 0 Å². The molecule has 0 radical (unpaired) electrons. The molecular formula is C14H18N4O. The van der Waals surface area contributed by atoms with Gasteiger partial charge in [-0.3, -0.25) is 0 Å². The zero-order valence-corrected chi connectivity index (χ0v) is 11.0. The third kappa shape index (κ3) is 2.36. The maximum Gasteiger partial charge on any atom is 0.128 e. The Morgan fingerprint density at radius 1 is 1.32 bits per heavy atom. The standard InChI is InChI=1S/C14H18N4O/c1-2-19-13-8-11(15)7-12(9-13)18-6-5-17-4-3-16-14(17)10-18/h3-4,7-9H,2,5-6,10,15H2,1H3. The Morgan fingerprint density at radius 3 is 3.05 bits per heavy atom. The van der Waals surface area contributed by atoms with E-state index in [-0.39, 0.29) is 0 Å². The van der Waals surface area contributed by atoms with E-state index in [9.17, 15) is 0 Å². The molecule has 1 aliphatic rings. The lowest BCUT2D eigenvalue weighted by Crippen LogP contribution is -2.33. The number of nitrogen functional groups attached to an aromatic ring is 1. The summed E-state index contributed by atoms with van der Waals surface area (Å²) in [6.07, 6.45) is 3.88. The second kappa shape index (κ2) is 4.84. The Kier molecular flexibility index (Phi) is 3.03. The van der Waals surface area contributed by atoms with Gasteiger partial charge in [-0.25, -0.2) is 4.98 Å². The second-order valence-corrected chi connectivity index (χ2v) is 4.65. The van der Waals surface area contributed by atoms with Crippen LogP contribution < -0.4 is 15.4 Å². The Bertz CT molecular complexity index is 579. The first-order chi connectivity index (χ1) is 9.26. The third-order valence-corrected chi connectivity index (χ3v) is 3.33. The van der Waals surface area contributed by atoms with Crippen molar-refractivity contribution in [2.45, 2.75) is 20.0 Å². The minimum atomic E-state index is 0.646. The molecule has 2 aromatic rings. The molecule has 0 saturated carbocycles. The summed E-state index contributed by atoms with van der Waals surface area (Å²) < 4.78 is 7.73. The molecule has 1 aliphatic heterocycles. The van der Waals surface area contributed by atoms with Crippen LogP contribution in [0, 0.1) is 0 Å². The van der Waals surface area contributed by atoms with Crippen LogP contribution in [0.5, 0.6) is 5.75 Å². The van der Waals surface area contributed by atoms with E-state index in [1.165, 1.54) is 0 Å². The summed E-state index contributed by atoms with van der Waals surface area (Å²) >= 11 is 0. The lowest BCUT2D eigenvalue weighted by atomic mass is 10.2. The van der Waals surface area contributed by atoms with Crippen molar-refractivity contribution in [1.29, 1.82) is 0 Å². The number of imidazole rings is 1. The number of hydrogen-bond acceptors (Lipinski definition) is 4. The van der Waals surface area contributed by atoms with Crippen LogP contribution in [-0.2, 0) is 13.1 Å². The SMILES string of the molecule is CCOc1cc(N)cc(N2CCn3ccnc3C2)c1. The maximum absolute atomic E-state index is 5.94. The molecule has 5 nitrogen and oxygen atoms in total. The third-order valence-electron chi connectivity index (χ3n) is 3.33. The van der Waals surface area contributed by atoms with Crippen molar-refractivity contribution in [3.05, 3.63) is 36.4 Å². The van der Waals surface area contributed by atoms with Gasteiger partial charge in [0.15, 0.2) is 0 Å². The molecule has 3 rings (SSSR count). The van der Waals surface area contributed by atoms with E-state index in [0.29, 0.717) is 6.61 Å². The Labute approximate surface area is 112 Å². The molecule has 5 heteroatoms. The van der Waals surface area contributed by atoms with Gasteiger partial charge < -0.3 is 19.9 Å². The summed E-state index contributed by atoms with van der Waals surface area (Å²) in [5.74, 6) is 1.91. The number of nitrogens with two attached hydrogens (primary N) is 1. The van der Waals surface area contributed by atoms with Gasteiger partial charge in [0, 0.05) is 49.0 Å². The summed E-state index contributed by atoms with van der Waals surface area (Å²) in [5, 5.41) is 0. The molecule has 0 atom stereocenters. The van der Waals surface area contributed by atoms with Gasteiger partial charge in [0.1, 0.15) is 11.6 Å². The number of aromatic nitrogens is 2. The predicted molar refractivity (Wildman–Crippen MR) is 75.3 cm³/mol. The monoisotopic (exact) mass is 258 g/mol. The van der Waals surface area contributed by atoms with Crippen molar-refractivity contribution in [3.8, 4) is 5.75 Å². The van der Waals surface area contributed by atoms with Gasteiger partial charge in [-0.2, -0.15) is 0 Å². The smallest absolute Gasteiger partial charge is 0.128 e. The molecule has 19 heavy (non-hydrogen) atoms. The van der Waals surface area contributed by atoms with E-state index < -0.39 is 0 Å². The van der Waals surface area contributed by atoms with Gasteiger partial charge in [-0.1, -0.05) is 0 Å². The van der Waals surface area contributed by atoms with E-state index in [2.05, 4.69) is 14.5 Å². The number of fused-ring (bicyclic) bond motifs is 1. The minimum Gasteiger partial charge on any atom is -0.494 e. The highest BCUT2D eigenvalue weighted by molar-refractivity contribution is 5.60. The number of benzene rings is 1. The Morgan fingerprint density at radius 2 is 2.21 bits per heavy atom. The molecule has 2 heterocycles. The van der Waals surface area contributed by atoms with Crippen LogP contribution in [0.25, 0.3) is 0 Å². The summed E-state index contributed by atoms with van der Waals surface area (Å²) in [4.78, 5) is 6.65. The average molecular weight is 258 g/mol. The van der Waals surface area contributed by atoms with Crippen LogP contribution >= 0.6 is 0 Å². The van der Waals surface area contributed by atoms with E-state index in [4.69, 9.17) is 10.5 Å². The maximum atomic E-state index is 5.94. The first kappa shape index (κ1) is 11.9. The highest BCUT2D eigenvalue weighted by Gasteiger charge is 2.17. The van der Waals surface area contributed by atoms with Crippen LogP contribution in [0.3, 0.4) is 0 Å². The van der Waals surface area contributed by atoms with E-state index in [1.54, 1.807) is 0 Å². The highest BCUT2D eigenvalue weighted by atomic mass is 16.5. The Balaban J connectivity index is 1.87. The van der Waals surface area contributed by atoms with Crippen molar-refractivity contribution in [2.24, 2.45) is 0 Å². The zero-order valence-electron chi connectivity index (χ0n) is 11.0. The molecule has 0 bridgehead atoms. The van der Waals surface area contributed by atoms with Crippen LogP contribution in [0.15, 0.2) is 30.6 Å². The molecule has 0 spiro atoms. The number of nitrogens with zero attached hydrogens (tertiary/aromatic N) is 3. The molecule has 0 fully saturated rings. The first-order valence-corrected chi connectivity index (χ1v) is 6.54. The number of hydrogen-bond donors (Lipinski definition) is 1. The van der Waals surface area contributed by atoms with Gasteiger partial charge in [0.05, 0.1) is 13.2 Å². The second-order valence-electron chi connectivity index (χ2n) is 4.65. The summed E-state index contributed by atoms with van der Waals surface area (Å²) in [6.45, 7) is 5.34.